The van der Waals surface area contributed by atoms with E-state index in [2.05, 4.69) is 23.7 Å². The van der Waals surface area contributed by atoms with Crippen molar-refractivity contribution in [3.63, 3.8) is 0 Å². The molecule has 0 aliphatic heterocycles. The molecule has 0 fully saturated rings. The molecule has 1 heterocycles. The fraction of sp³-hybridized carbons (Fsp3) is 0.571. The van der Waals surface area contributed by atoms with Crippen LogP contribution in [0.1, 0.15) is 58.0 Å². The molecule has 1 aromatic rings. The van der Waals surface area contributed by atoms with E-state index >= 15 is 0 Å². The minimum absolute atomic E-state index is 0.0548. The van der Waals surface area contributed by atoms with Crippen molar-refractivity contribution in [1.29, 1.82) is 5.26 Å². The second kappa shape index (κ2) is 9.96. The summed E-state index contributed by atoms with van der Waals surface area (Å²) in [5, 5.41) is 12.0. The largest absolute Gasteiger partial charge is 0.448 e. The van der Waals surface area contributed by atoms with E-state index in [1.807, 2.05) is 39.8 Å². The molecule has 148 valence electrons. The number of nitriles is 1. The first kappa shape index (κ1) is 22.5. The second-order valence-electron chi connectivity index (χ2n) is 7.54. The molecule has 0 saturated heterocycles. The second-order valence-corrected chi connectivity index (χ2v) is 7.54. The number of carbonyl (C=O) groups excluding carboxylic acids is 2. The average molecular weight is 373 g/mol. The standard InChI is InChI=1S/C21H31N3O3/c1-13(2)8-9-24-15(5)10-18(16(24)6)11-19(12-22)21(26)27-17(7)20(25)23-14(3)4/h10-11,13-14,17H,8-9H2,1-7H3,(H,23,25)/b19-11+. The highest BCUT2D eigenvalue weighted by Crippen LogP contribution is 2.20. The van der Waals surface area contributed by atoms with Gasteiger partial charge in [-0.05, 0) is 64.7 Å². The van der Waals surface area contributed by atoms with E-state index in [1.165, 1.54) is 13.0 Å². The highest BCUT2D eigenvalue weighted by Gasteiger charge is 2.21. The maximum absolute atomic E-state index is 12.3. The van der Waals surface area contributed by atoms with Crippen LogP contribution in [0.4, 0.5) is 0 Å². The lowest BCUT2D eigenvalue weighted by Crippen LogP contribution is -2.39. The zero-order chi connectivity index (χ0) is 20.7. The SMILES string of the molecule is Cc1cc(/C=C(\C#N)C(=O)OC(C)C(=O)NC(C)C)c(C)n1CCC(C)C. The Morgan fingerprint density at radius 3 is 2.41 bits per heavy atom. The molecular formula is C21H31N3O3. The van der Waals surface area contributed by atoms with Crippen LogP contribution in [0, 0.1) is 31.1 Å². The third-order valence-electron chi connectivity index (χ3n) is 4.27. The fourth-order valence-electron chi connectivity index (χ4n) is 2.68. The Bertz CT molecular complexity index is 751. The van der Waals surface area contributed by atoms with Crippen LogP contribution >= 0.6 is 0 Å². The van der Waals surface area contributed by atoms with Gasteiger partial charge in [-0.25, -0.2) is 4.79 Å². The molecule has 1 amide bonds. The number of hydrogen-bond donors (Lipinski definition) is 1. The zero-order valence-electron chi connectivity index (χ0n) is 17.4. The minimum Gasteiger partial charge on any atom is -0.448 e. The minimum atomic E-state index is -0.963. The van der Waals surface area contributed by atoms with Crippen LogP contribution < -0.4 is 5.32 Å². The monoisotopic (exact) mass is 373 g/mol. The molecule has 6 nitrogen and oxygen atoms in total. The van der Waals surface area contributed by atoms with Gasteiger partial charge in [0.05, 0.1) is 0 Å². The smallest absolute Gasteiger partial charge is 0.349 e. The molecule has 0 aliphatic carbocycles. The van der Waals surface area contributed by atoms with E-state index in [1.54, 1.807) is 0 Å². The van der Waals surface area contributed by atoms with Gasteiger partial charge in [-0.1, -0.05) is 13.8 Å². The zero-order valence-corrected chi connectivity index (χ0v) is 17.4. The lowest BCUT2D eigenvalue weighted by atomic mass is 10.1. The molecule has 1 N–H and O–H groups in total. The van der Waals surface area contributed by atoms with Gasteiger partial charge in [0, 0.05) is 24.0 Å². The third kappa shape index (κ3) is 6.59. The topological polar surface area (TPSA) is 84.1 Å². The number of esters is 1. The molecule has 0 saturated carbocycles. The van der Waals surface area contributed by atoms with Crippen molar-refractivity contribution in [2.45, 2.75) is 73.6 Å². The van der Waals surface area contributed by atoms with Gasteiger partial charge in [0.25, 0.3) is 5.91 Å². The lowest BCUT2D eigenvalue weighted by molar-refractivity contribution is -0.150. The summed E-state index contributed by atoms with van der Waals surface area (Å²) in [6, 6.07) is 3.79. The number of aromatic nitrogens is 1. The first-order valence-corrected chi connectivity index (χ1v) is 9.36. The summed E-state index contributed by atoms with van der Waals surface area (Å²) in [4.78, 5) is 24.2. The highest BCUT2D eigenvalue weighted by atomic mass is 16.5. The molecule has 1 aromatic heterocycles. The van der Waals surface area contributed by atoms with Crippen molar-refractivity contribution in [1.82, 2.24) is 9.88 Å². The Morgan fingerprint density at radius 1 is 1.26 bits per heavy atom. The van der Waals surface area contributed by atoms with Crippen LogP contribution in [0.25, 0.3) is 6.08 Å². The van der Waals surface area contributed by atoms with Crippen molar-refractivity contribution in [2.24, 2.45) is 5.92 Å². The number of ether oxygens (including phenoxy) is 1. The maximum atomic E-state index is 12.3. The van der Waals surface area contributed by atoms with Crippen LogP contribution in [-0.2, 0) is 20.9 Å². The van der Waals surface area contributed by atoms with Crippen LogP contribution in [0.2, 0.25) is 0 Å². The summed E-state index contributed by atoms with van der Waals surface area (Å²) in [6.45, 7) is 14.4. The number of aryl methyl sites for hydroxylation is 1. The van der Waals surface area contributed by atoms with Gasteiger partial charge >= 0.3 is 5.97 Å². The summed E-state index contributed by atoms with van der Waals surface area (Å²) < 4.78 is 7.33. The molecular weight excluding hydrogens is 342 g/mol. The van der Waals surface area contributed by atoms with Gasteiger partial charge in [0.1, 0.15) is 11.6 Å². The Kier molecular flexibility index (Phi) is 8.30. The quantitative estimate of drug-likeness (QED) is 0.429. The number of nitrogens with zero attached hydrogens (tertiary/aromatic N) is 2. The van der Waals surface area contributed by atoms with E-state index in [9.17, 15) is 14.9 Å². The Labute approximate surface area is 162 Å². The first-order valence-electron chi connectivity index (χ1n) is 9.36. The van der Waals surface area contributed by atoms with Gasteiger partial charge < -0.3 is 14.6 Å². The van der Waals surface area contributed by atoms with E-state index in [-0.39, 0.29) is 17.5 Å². The molecule has 6 heteroatoms. The van der Waals surface area contributed by atoms with Gasteiger partial charge in [-0.2, -0.15) is 5.26 Å². The Hall–Kier alpha value is -2.55. The number of carbonyl (C=O) groups is 2. The summed E-state index contributed by atoms with van der Waals surface area (Å²) >= 11 is 0. The molecule has 0 radical (unpaired) electrons. The number of rotatable bonds is 8. The van der Waals surface area contributed by atoms with E-state index in [0.717, 1.165) is 29.9 Å². The molecule has 1 atom stereocenters. The molecule has 0 spiro atoms. The molecule has 0 aliphatic rings. The maximum Gasteiger partial charge on any atom is 0.349 e. The Balaban J connectivity index is 2.97. The van der Waals surface area contributed by atoms with Gasteiger partial charge in [0.15, 0.2) is 6.10 Å². The van der Waals surface area contributed by atoms with Crippen LogP contribution in [0.5, 0.6) is 0 Å². The van der Waals surface area contributed by atoms with Crippen LogP contribution in [0.15, 0.2) is 11.6 Å². The van der Waals surface area contributed by atoms with Crippen molar-refractivity contribution in [2.75, 3.05) is 0 Å². The number of hydrogen-bond acceptors (Lipinski definition) is 4. The van der Waals surface area contributed by atoms with E-state index in [0.29, 0.717) is 5.92 Å². The lowest BCUT2D eigenvalue weighted by Gasteiger charge is -2.15. The van der Waals surface area contributed by atoms with Crippen molar-refractivity contribution in [3.05, 3.63) is 28.6 Å². The number of amides is 1. The first-order chi connectivity index (χ1) is 12.6. The van der Waals surface area contributed by atoms with Gasteiger partial charge in [-0.3, -0.25) is 4.79 Å². The summed E-state index contributed by atoms with van der Waals surface area (Å²) in [6.07, 6.45) is 1.62. The molecule has 1 unspecified atom stereocenters. The van der Waals surface area contributed by atoms with Crippen LogP contribution in [-0.4, -0.2) is 28.6 Å². The average Bonchev–Trinajstić information content (AvgIpc) is 2.83. The van der Waals surface area contributed by atoms with Crippen molar-refractivity contribution in [3.8, 4) is 6.07 Å². The number of nitrogens with one attached hydrogen (secondary N) is 1. The van der Waals surface area contributed by atoms with E-state index in [4.69, 9.17) is 4.74 Å². The molecule has 1 rings (SSSR count). The molecule has 27 heavy (non-hydrogen) atoms. The fourth-order valence-corrected chi connectivity index (χ4v) is 2.68. The van der Waals surface area contributed by atoms with Crippen molar-refractivity contribution >= 4 is 18.0 Å². The van der Waals surface area contributed by atoms with Gasteiger partial charge in [-0.15, -0.1) is 0 Å². The predicted molar refractivity (Wildman–Crippen MR) is 106 cm³/mol. The summed E-state index contributed by atoms with van der Waals surface area (Å²) in [5.41, 5.74) is 2.77. The third-order valence-corrected chi connectivity index (χ3v) is 4.27. The molecule has 0 bridgehead atoms. The summed E-state index contributed by atoms with van der Waals surface area (Å²) in [7, 11) is 0. The predicted octanol–water partition coefficient (Wildman–Crippen LogP) is 3.51. The van der Waals surface area contributed by atoms with Crippen molar-refractivity contribution < 1.29 is 14.3 Å². The normalized spacial score (nSPS) is 12.8. The Morgan fingerprint density at radius 2 is 1.89 bits per heavy atom. The molecule has 0 aromatic carbocycles. The highest BCUT2D eigenvalue weighted by molar-refractivity contribution is 5.99. The summed E-state index contributed by atoms with van der Waals surface area (Å²) in [5.74, 6) is -0.591. The van der Waals surface area contributed by atoms with E-state index < -0.39 is 12.1 Å². The van der Waals surface area contributed by atoms with Crippen LogP contribution in [0.3, 0.4) is 0 Å². The van der Waals surface area contributed by atoms with Gasteiger partial charge in [0.2, 0.25) is 0 Å².